The van der Waals surface area contributed by atoms with E-state index < -0.39 is 0 Å². The number of halogens is 1. The van der Waals surface area contributed by atoms with Crippen LogP contribution in [0.1, 0.15) is 12.8 Å². The van der Waals surface area contributed by atoms with Gasteiger partial charge in [0.05, 0.1) is 6.61 Å². The lowest BCUT2D eigenvalue weighted by molar-refractivity contribution is -0.129. The van der Waals surface area contributed by atoms with Crippen LogP contribution >= 0.6 is 15.9 Å². The van der Waals surface area contributed by atoms with Crippen molar-refractivity contribution in [3.63, 3.8) is 0 Å². The number of aliphatic hydroxyl groups is 1. The summed E-state index contributed by atoms with van der Waals surface area (Å²) in [5, 5.41) is 8.58. The highest BCUT2D eigenvalue weighted by Crippen LogP contribution is 2.19. The minimum atomic E-state index is 0.0164. The Labute approximate surface area is 73.8 Å². The Hall–Kier alpha value is -0.350. The van der Waals surface area contributed by atoms with Gasteiger partial charge in [0.1, 0.15) is 0 Å². The number of amides is 1. The molecule has 1 aliphatic heterocycles. The third-order valence-corrected chi connectivity index (χ3v) is 2.14. The average Bonchev–Trinajstić information content (AvgIpc) is 1.98. The lowest BCUT2D eigenvalue weighted by atomic mass is 10.2. The number of β-amino-alcohol motifs (C(OH)–C–C–N with tert-alkyl or cyclic N) is 1. The predicted molar refractivity (Wildman–Crippen MR) is 45.0 cm³/mol. The van der Waals surface area contributed by atoms with E-state index in [0.717, 1.165) is 10.9 Å². The molecular formula is C7H10BrNO2. The first-order valence-corrected chi connectivity index (χ1v) is 4.30. The second-order valence-corrected chi connectivity index (χ2v) is 3.41. The van der Waals surface area contributed by atoms with Gasteiger partial charge in [-0.3, -0.25) is 4.79 Å². The minimum absolute atomic E-state index is 0.0164. The van der Waals surface area contributed by atoms with Crippen molar-refractivity contribution in [2.45, 2.75) is 12.8 Å². The summed E-state index contributed by atoms with van der Waals surface area (Å²) in [6, 6.07) is 0. The highest BCUT2D eigenvalue weighted by atomic mass is 79.9. The Morgan fingerprint density at radius 3 is 3.00 bits per heavy atom. The molecule has 1 heterocycles. The van der Waals surface area contributed by atoms with E-state index in [1.807, 2.05) is 0 Å². The molecule has 3 nitrogen and oxygen atoms in total. The maximum Gasteiger partial charge on any atom is 0.226 e. The van der Waals surface area contributed by atoms with Crippen molar-refractivity contribution in [3.05, 3.63) is 10.7 Å². The summed E-state index contributed by atoms with van der Waals surface area (Å²) in [5.41, 5.74) is 0. The van der Waals surface area contributed by atoms with Crippen LogP contribution in [-0.4, -0.2) is 29.1 Å². The van der Waals surface area contributed by atoms with Gasteiger partial charge in [0.15, 0.2) is 0 Å². The summed E-state index contributed by atoms with van der Waals surface area (Å²) in [6.07, 6.45) is 3.06. The van der Waals surface area contributed by atoms with Gasteiger partial charge in [-0.1, -0.05) is 15.9 Å². The molecule has 0 aromatic carbocycles. The SMILES string of the molecule is O=C1CCC(Br)=CN1CCO. The molecule has 0 spiro atoms. The van der Waals surface area contributed by atoms with Crippen LogP contribution in [0.4, 0.5) is 0 Å². The van der Waals surface area contributed by atoms with Crippen LogP contribution in [0, 0.1) is 0 Å². The van der Waals surface area contributed by atoms with Gasteiger partial charge in [-0.15, -0.1) is 0 Å². The third kappa shape index (κ3) is 2.31. The quantitative estimate of drug-likeness (QED) is 0.748. The number of carbonyl (C=O) groups is 1. The lowest BCUT2D eigenvalue weighted by Gasteiger charge is -2.21. The number of rotatable bonds is 2. The van der Waals surface area contributed by atoms with Crippen molar-refractivity contribution in [2.75, 3.05) is 13.2 Å². The van der Waals surface area contributed by atoms with Gasteiger partial charge >= 0.3 is 0 Å². The van der Waals surface area contributed by atoms with Crippen LogP contribution in [0.25, 0.3) is 0 Å². The number of aliphatic hydroxyl groups excluding tert-OH is 1. The standard InChI is InChI=1S/C7H10BrNO2/c8-6-1-2-7(11)9(5-6)3-4-10/h5,10H,1-4H2. The first-order valence-electron chi connectivity index (χ1n) is 3.50. The number of hydrogen-bond acceptors (Lipinski definition) is 2. The van der Waals surface area contributed by atoms with E-state index in [-0.39, 0.29) is 12.5 Å². The Bertz CT molecular complexity index is 191. The molecule has 0 saturated heterocycles. The zero-order chi connectivity index (χ0) is 8.27. The summed E-state index contributed by atoms with van der Waals surface area (Å²) in [6.45, 7) is 0.413. The van der Waals surface area contributed by atoms with Crippen LogP contribution < -0.4 is 0 Å². The van der Waals surface area contributed by atoms with E-state index in [1.165, 1.54) is 4.90 Å². The first kappa shape index (κ1) is 8.74. The molecule has 0 aromatic heterocycles. The van der Waals surface area contributed by atoms with Crippen molar-refractivity contribution in [3.8, 4) is 0 Å². The van der Waals surface area contributed by atoms with E-state index >= 15 is 0 Å². The van der Waals surface area contributed by atoms with Crippen molar-refractivity contribution >= 4 is 21.8 Å². The minimum Gasteiger partial charge on any atom is -0.395 e. The Morgan fingerprint density at radius 2 is 2.36 bits per heavy atom. The molecule has 11 heavy (non-hydrogen) atoms. The lowest BCUT2D eigenvalue weighted by Crippen LogP contribution is -2.30. The topological polar surface area (TPSA) is 40.5 Å². The molecular weight excluding hydrogens is 210 g/mol. The Balaban J connectivity index is 2.59. The van der Waals surface area contributed by atoms with E-state index in [4.69, 9.17) is 5.11 Å². The molecule has 1 rings (SSSR count). The zero-order valence-corrected chi connectivity index (χ0v) is 7.67. The van der Waals surface area contributed by atoms with Gasteiger partial charge in [0.2, 0.25) is 5.91 Å². The molecule has 0 fully saturated rings. The van der Waals surface area contributed by atoms with Crippen LogP contribution in [0.15, 0.2) is 10.7 Å². The zero-order valence-electron chi connectivity index (χ0n) is 6.09. The highest BCUT2D eigenvalue weighted by Gasteiger charge is 2.15. The van der Waals surface area contributed by atoms with Crippen LogP contribution in [-0.2, 0) is 4.79 Å². The van der Waals surface area contributed by atoms with Gasteiger partial charge < -0.3 is 10.0 Å². The molecule has 4 heteroatoms. The smallest absolute Gasteiger partial charge is 0.226 e. The van der Waals surface area contributed by atoms with Gasteiger partial charge in [0.25, 0.3) is 0 Å². The number of hydrogen-bond donors (Lipinski definition) is 1. The predicted octanol–water partition coefficient (Wildman–Crippen LogP) is 0.837. The molecule has 62 valence electrons. The van der Waals surface area contributed by atoms with E-state index in [9.17, 15) is 4.79 Å². The Kier molecular flexibility index (Phi) is 3.08. The Morgan fingerprint density at radius 1 is 1.64 bits per heavy atom. The van der Waals surface area contributed by atoms with Gasteiger partial charge in [-0.2, -0.15) is 0 Å². The molecule has 0 bridgehead atoms. The second-order valence-electron chi connectivity index (χ2n) is 2.39. The molecule has 0 saturated carbocycles. The number of allylic oxidation sites excluding steroid dienone is 1. The van der Waals surface area contributed by atoms with Crippen LogP contribution in [0.3, 0.4) is 0 Å². The first-order chi connectivity index (χ1) is 5.24. The van der Waals surface area contributed by atoms with Crippen molar-refractivity contribution in [1.82, 2.24) is 4.90 Å². The van der Waals surface area contributed by atoms with Gasteiger partial charge in [-0.25, -0.2) is 0 Å². The average molecular weight is 220 g/mol. The highest BCUT2D eigenvalue weighted by molar-refractivity contribution is 9.11. The monoisotopic (exact) mass is 219 g/mol. The summed E-state index contributed by atoms with van der Waals surface area (Å²) < 4.78 is 1.02. The fourth-order valence-corrected chi connectivity index (χ4v) is 1.42. The summed E-state index contributed by atoms with van der Waals surface area (Å²) >= 11 is 3.31. The number of nitrogens with zero attached hydrogens (tertiary/aromatic N) is 1. The fraction of sp³-hybridized carbons (Fsp3) is 0.571. The molecule has 1 amide bonds. The number of carbonyl (C=O) groups excluding carboxylic acids is 1. The molecule has 1 N–H and O–H groups in total. The summed E-state index contributed by atoms with van der Waals surface area (Å²) in [7, 11) is 0. The second kappa shape index (κ2) is 3.88. The van der Waals surface area contributed by atoms with E-state index in [0.29, 0.717) is 13.0 Å². The van der Waals surface area contributed by atoms with E-state index in [1.54, 1.807) is 6.20 Å². The largest absolute Gasteiger partial charge is 0.395 e. The molecule has 0 aromatic rings. The summed E-state index contributed by atoms with van der Waals surface area (Å²) in [5.74, 6) is 0.0854. The summed E-state index contributed by atoms with van der Waals surface area (Å²) in [4.78, 5) is 12.6. The molecule has 0 atom stereocenters. The van der Waals surface area contributed by atoms with Crippen molar-refractivity contribution in [2.24, 2.45) is 0 Å². The molecule has 0 unspecified atom stereocenters. The molecule has 0 aliphatic carbocycles. The van der Waals surface area contributed by atoms with E-state index in [2.05, 4.69) is 15.9 Å². The van der Waals surface area contributed by atoms with Crippen molar-refractivity contribution < 1.29 is 9.90 Å². The van der Waals surface area contributed by atoms with Crippen molar-refractivity contribution in [1.29, 1.82) is 0 Å². The molecule has 0 radical (unpaired) electrons. The van der Waals surface area contributed by atoms with Crippen LogP contribution in [0.2, 0.25) is 0 Å². The van der Waals surface area contributed by atoms with Crippen LogP contribution in [0.5, 0.6) is 0 Å². The van der Waals surface area contributed by atoms with Gasteiger partial charge in [-0.05, 0) is 6.42 Å². The fourth-order valence-electron chi connectivity index (χ4n) is 0.973. The maximum atomic E-state index is 11.1. The molecule has 1 aliphatic rings. The third-order valence-electron chi connectivity index (χ3n) is 1.53. The maximum absolute atomic E-state index is 11.1. The normalized spacial score (nSPS) is 18.5. The van der Waals surface area contributed by atoms with Gasteiger partial charge in [0, 0.05) is 23.6 Å².